The summed E-state index contributed by atoms with van der Waals surface area (Å²) < 4.78 is 10.7. The van der Waals surface area contributed by atoms with Gasteiger partial charge >= 0.3 is 5.97 Å². The molecule has 0 amide bonds. The van der Waals surface area contributed by atoms with Crippen molar-refractivity contribution in [1.82, 2.24) is 0 Å². The van der Waals surface area contributed by atoms with Crippen molar-refractivity contribution in [3.63, 3.8) is 0 Å². The number of hydrogen-bond donors (Lipinski definition) is 2. The average molecular weight is 282 g/mol. The molecule has 1 saturated carbocycles. The van der Waals surface area contributed by atoms with E-state index in [0.29, 0.717) is 18.4 Å². The van der Waals surface area contributed by atoms with E-state index in [1.165, 1.54) is 0 Å². The minimum atomic E-state index is -0.930. The zero-order valence-electron chi connectivity index (χ0n) is 11.9. The summed E-state index contributed by atoms with van der Waals surface area (Å²) in [5.41, 5.74) is -0.107. The number of esters is 1. The van der Waals surface area contributed by atoms with Crippen molar-refractivity contribution in [2.45, 2.75) is 45.2 Å². The fourth-order valence-corrected chi connectivity index (χ4v) is 4.48. The molecule has 0 radical (unpaired) electrons. The van der Waals surface area contributed by atoms with E-state index >= 15 is 0 Å². The van der Waals surface area contributed by atoms with E-state index < -0.39 is 17.8 Å². The molecule has 0 spiro atoms. The third-order valence-corrected chi connectivity index (χ3v) is 5.46. The van der Waals surface area contributed by atoms with E-state index in [9.17, 15) is 15.0 Å². The van der Waals surface area contributed by atoms with Crippen molar-refractivity contribution >= 4 is 5.97 Å². The zero-order chi connectivity index (χ0) is 14.7. The summed E-state index contributed by atoms with van der Waals surface area (Å²) in [5, 5.41) is 20.6. The molecule has 1 aliphatic carbocycles. The normalized spacial score (nSPS) is 52.0. The Labute approximate surface area is 118 Å². The topological polar surface area (TPSA) is 76.0 Å². The van der Waals surface area contributed by atoms with Gasteiger partial charge in [0.1, 0.15) is 6.10 Å². The van der Waals surface area contributed by atoms with Crippen LogP contribution in [0.2, 0.25) is 0 Å². The van der Waals surface area contributed by atoms with Gasteiger partial charge in [-0.1, -0.05) is 20.4 Å². The van der Waals surface area contributed by atoms with Crippen molar-refractivity contribution in [3.8, 4) is 0 Å². The van der Waals surface area contributed by atoms with Crippen molar-refractivity contribution < 1.29 is 24.5 Å². The van der Waals surface area contributed by atoms with E-state index in [4.69, 9.17) is 9.47 Å². The summed E-state index contributed by atoms with van der Waals surface area (Å²) in [6, 6.07) is 0. The second kappa shape index (κ2) is 4.55. The summed E-state index contributed by atoms with van der Waals surface area (Å²) in [6.45, 7) is 7.97. The van der Waals surface area contributed by atoms with Crippen LogP contribution in [0.1, 0.15) is 26.7 Å². The highest BCUT2D eigenvalue weighted by Crippen LogP contribution is 2.54. The minimum absolute atomic E-state index is 0.0663. The lowest BCUT2D eigenvalue weighted by atomic mass is 9.64. The number of aliphatic hydroxyl groups excluding tert-OH is 2. The molecular weight excluding hydrogens is 260 g/mol. The first-order valence-corrected chi connectivity index (χ1v) is 7.22. The van der Waals surface area contributed by atoms with Crippen LogP contribution in [0.3, 0.4) is 0 Å². The first-order chi connectivity index (χ1) is 9.34. The van der Waals surface area contributed by atoms with E-state index in [1.807, 2.05) is 13.8 Å². The van der Waals surface area contributed by atoms with Crippen LogP contribution in [0.4, 0.5) is 0 Å². The largest absolute Gasteiger partial charge is 0.458 e. The molecule has 3 fully saturated rings. The van der Waals surface area contributed by atoms with Gasteiger partial charge in [-0.3, -0.25) is 0 Å². The number of hydrogen-bond acceptors (Lipinski definition) is 5. The van der Waals surface area contributed by atoms with Gasteiger partial charge in [0.05, 0.1) is 12.7 Å². The maximum Gasteiger partial charge on any atom is 0.334 e. The second-order valence-electron chi connectivity index (χ2n) is 6.78. The molecule has 0 aromatic heterocycles. The molecule has 20 heavy (non-hydrogen) atoms. The molecule has 5 heteroatoms. The molecule has 0 aromatic rings. The van der Waals surface area contributed by atoms with Gasteiger partial charge in [0.25, 0.3) is 0 Å². The summed E-state index contributed by atoms with van der Waals surface area (Å²) in [4.78, 5) is 11.7. The minimum Gasteiger partial charge on any atom is -0.458 e. The highest BCUT2D eigenvalue weighted by molar-refractivity contribution is 5.90. The number of fused-ring (bicyclic) bond motifs is 2. The van der Waals surface area contributed by atoms with Crippen molar-refractivity contribution in [2.75, 3.05) is 6.61 Å². The smallest absolute Gasteiger partial charge is 0.334 e. The Hall–Kier alpha value is -0.910. The molecule has 3 rings (SSSR count). The molecule has 0 unspecified atom stereocenters. The maximum atomic E-state index is 11.7. The fraction of sp³-hybridized carbons (Fsp3) is 0.800. The molecule has 2 aliphatic heterocycles. The van der Waals surface area contributed by atoms with E-state index in [0.717, 1.165) is 0 Å². The molecule has 7 atom stereocenters. The van der Waals surface area contributed by atoms with Crippen LogP contribution in [0, 0.1) is 23.2 Å². The van der Waals surface area contributed by atoms with Gasteiger partial charge in [-0.15, -0.1) is 0 Å². The number of ether oxygens (including phenoxy) is 2. The molecule has 2 heterocycles. The quantitative estimate of drug-likeness (QED) is 0.509. The van der Waals surface area contributed by atoms with E-state index in [1.54, 1.807) is 0 Å². The molecule has 5 nitrogen and oxygen atoms in total. The van der Waals surface area contributed by atoms with E-state index in [2.05, 4.69) is 6.58 Å². The van der Waals surface area contributed by atoms with Gasteiger partial charge in [0.15, 0.2) is 6.29 Å². The first-order valence-electron chi connectivity index (χ1n) is 7.22. The van der Waals surface area contributed by atoms with Crippen molar-refractivity contribution in [3.05, 3.63) is 12.2 Å². The Morgan fingerprint density at radius 1 is 1.40 bits per heavy atom. The summed E-state index contributed by atoms with van der Waals surface area (Å²) in [6.07, 6.45) is -0.469. The highest BCUT2D eigenvalue weighted by atomic mass is 16.6. The summed E-state index contributed by atoms with van der Waals surface area (Å²) >= 11 is 0. The Morgan fingerprint density at radius 2 is 2.10 bits per heavy atom. The monoisotopic (exact) mass is 282 g/mol. The van der Waals surface area contributed by atoms with Crippen LogP contribution in [0.15, 0.2) is 12.2 Å². The number of rotatable bonds is 0. The summed E-state index contributed by atoms with van der Waals surface area (Å²) in [7, 11) is 0. The lowest BCUT2D eigenvalue weighted by Crippen LogP contribution is -2.54. The number of carbonyl (C=O) groups is 1. The molecule has 2 saturated heterocycles. The maximum absolute atomic E-state index is 11.7. The molecular formula is C15H22O5. The Balaban J connectivity index is 1.99. The van der Waals surface area contributed by atoms with Crippen LogP contribution in [-0.4, -0.2) is 41.3 Å². The standard InChI is InChI=1S/C15H22O5/c1-7-4-11-9(8(2)13(17)20-11)5-15(3)12(7)10(16)6-19-14(15)18/h7,9-12,14,16,18H,2,4-6H2,1,3H3/t7-,9-,10+,11-,12-,14-,15+/m1/s1. The van der Waals surface area contributed by atoms with Gasteiger partial charge in [-0.2, -0.15) is 0 Å². The highest BCUT2D eigenvalue weighted by Gasteiger charge is 2.57. The van der Waals surface area contributed by atoms with Gasteiger partial charge in [0.2, 0.25) is 0 Å². The average Bonchev–Trinajstić information content (AvgIpc) is 2.56. The molecule has 112 valence electrons. The molecule has 3 aliphatic rings. The fourth-order valence-electron chi connectivity index (χ4n) is 4.48. The molecule has 0 aromatic carbocycles. The van der Waals surface area contributed by atoms with Crippen LogP contribution >= 0.6 is 0 Å². The van der Waals surface area contributed by atoms with Crippen LogP contribution in [0.25, 0.3) is 0 Å². The third-order valence-electron chi connectivity index (χ3n) is 5.46. The van der Waals surface area contributed by atoms with Gasteiger partial charge in [-0.05, 0) is 24.7 Å². The van der Waals surface area contributed by atoms with E-state index in [-0.39, 0.29) is 36.4 Å². The SMILES string of the molecule is C=C1C(=O)O[C@@H]2C[C@@H](C)[C@@H]3[C@@H](O)CO[C@@H](O)[C@@]3(C)C[C@H]12. The molecule has 0 bridgehead atoms. The van der Waals surface area contributed by atoms with Crippen LogP contribution < -0.4 is 0 Å². The Bertz CT molecular complexity index is 448. The van der Waals surface area contributed by atoms with Crippen LogP contribution in [0.5, 0.6) is 0 Å². The second-order valence-corrected chi connectivity index (χ2v) is 6.78. The van der Waals surface area contributed by atoms with Gasteiger partial charge in [0, 0.05) is 16.9 Å². The van der Waals surface area contributed by atoms with Crippen molar-refractivity contribution in [1.29, 1.82) is 0 Å². The zero-order valence-corrected chi connectivity index (χ0v) is 11.9. The predicted octanol–water partition coefficient (Wildman–Crippen LogP) is 0.846. The lowest BCUT2D eigenvalue weighted by Gasteiger charge is -2.49. The van der Waals surface area contributed by atoms with Gasteiger partial charge < -0.3 is 19.7 Å². The third kappa shape index (κ3) is 1.84. The lowest BCUT2D eigenvalue weighted by molar-refractivity contribution is -0.261. The van der Waals surface area contributed by atoms with Gasteiger partial charge in [-0.25, -0.2) is 4.79 Å². The predicted molar refractivity (Wildman–Crippen MR) is 70.5 cm³/mol. The Morgan fingerprint density at radius 3 is 2.80 bits per heavy atom. The van der Waals surface area contributed by atoms with Crippen molar-refractivity contribution in [2.24, 2.45) is 23.2 Å². The molecule has 2 N–H and O–H groups in total. The first kappa shape index (κ1) is 14.0. The Kier molecular flexibility index (Phi) is 3.19. The summed E-state index contributed by atoms with van der Waals surface area (Å²) in [5.74, 6) is -0.352. The van der Waals surface area contributed by atoms with Crippen LogP contribution in [-0.2, 0) is 14.3 Å². The number of carbonyl (C=O) groups excluding carboxylic acids is 1. The number of aliphatic hydroxyl groups is 2.